The Morgan fingerprint density at radius 1 is 1.30 bits per heavy atom. The summed E-state index contributed by atoms with van der Waals surface area (Å²) in [6.45, 7) is 7.85. The minimum Gasteiger partial charge on any atom is -0.348 e. The van der Waals surface area contributed by atoms with Crippen LogP contribution < -0.4 is 10.2 Å². The van der Waals surface area contributed by atoms with Crippen LogP contribution in [-0.2, 0) is 13.0 Å². The van der Waals surface area contributed by atoms with Gasteiger partial charge in [0.1, 0.15) is 0 Å². The second-order valence-electron chi connectivity index (χ2n) is 5.82. The van der Waals surface area contributed by atoms with E-state index in [1.54, 1.807) is 0 Å². The number of hydrogen-bond acceptors (Lipinski definition) is 4. The van der Waals surface area contributed by atoms with Crippen molar-refractivity contribution in [2.45, 2.75) is 58.9 Å². The predicted molar refractivity (Wildman–Crippen MR) is 88.7 cm³/mol. The fourth-order valence-corrected chi connectivity index (χ4v) is 4.35. The molecule has 1 aliphatic heterocycles. The number of thiazole rings is 1. The van der Waals surface area contributed by atoms with Crippen LogP contribution >= 0.6 is 11.3 Å². The van der Waals surface area contributed by atoms with Crippen molar-refractivity contribution in [3.63, 3.8) is 0 Å². The van der Waals surface area contributed by atoms with Gasteiger partial charge in [0.05, 0.1) is 5.69 Å². The van der Waals surface area contributed by atoms with Gasteiger partial charge in [-0.1, -0.05) is 26.7 Å². The van der Waals surface area contributed by atoms with E-state index in [0.717, 1.165) is 18.9 Å². The molecule has 2 rings (SSSR count). The van der Waals surface area contributed by atoms with Gasteiger partial charge in [0.15, 0.2) is 5.13 Å². The highest BCUT2D eigenvalue weighted by atomic mass is 32.1. The molecule has 1 atom stereocenters. The Bertz CT molecular complexity index is 402. The zero-order chi connectivity index (χ0) is 14.4. The van der Waals surface area contributed by atoms with Gasteiger partial charge in [-0.05, 0) is 38.6 Å². The van der Waals surface area contributed by atoms with E-state index in [0.29, 0.717) is 0 Å². The first-order chi connectivity index (χ1) is 9.78. The first-order valence-corrected chi connectivity index (χ1v) is 8.98. The van der Waals surface area contributed by atoms with Crippen LogP contribution in [0.4, 0.5) is 5.13 Å². The molecule has 0 bridgehead atoms. The lowest BCUT2D eigenvalue weighted by Crippen LogP contribution is -2.24. The van der Waals surface area contributed by atoms with E-state index < -0.39 is 0 Å². The maximum absolute atomic E-state index is 4.89. The first kappa shape index (κ1) is 15.8. The van der Waals surface area contributed by atoms with E-state index in [1.807, 2.05) is 18.4 Å². The van der Waals surface area contributed by atoms with Crippen LogP contribution in [0.15, 0.2) is 0 Å². The molecule has 0 amide bonds. The Balaban J connectivity index is 2.03. The van der Waals surface area contributed by atoms with Crippen molar-refractivity contribution in [1.29, 1.82) is 0 Å². The summed E-state index contributed by atoms with van der Waals surface area (Å²) in [5, 5.41) is 4.52. The summed E-state index contributed by atoms with van der Waals surface area (Å²) >= 11 is 1.89. The Kier molecular flexibility index (Phi) is 6.30. The second-order valence-corrected chi connectivity index (χ2v) is 6.88. The Morgan fingerprint density at radius 2 is 2.15 bits per heavy atom. The summed E-state index contributed by atoms with van der Waals surface area (Å²) in [4.78, 5) is 8.83. The summed E-state index contributed by atoms with van der Waals surface area (Å²) in [6.07, 6.45) is 7.84. The Hall–Kier alpha value is -0.610. The quantitative estimate of drug-likeness (QED) is 0.864. The number of rotatable bonds is 6. The van der Waals surface area contributed by atoms with Crippen LogP contribution in [0.1, 0.15) is 56.5 Å². The zero-order valence-corrected chi connectivity index (χ0v) is 14.1. The lowest BCUT2D eigenvalue weighted by Gasteiger charge is -2.19. The highest BCUT2D eigenvalue weighted by Gasteiger charge is 2.20. The highest BCUT2D eigenvalue weighted by molar-refractivity contribution is 7.15. The second kappa shape index (κ2) is 7.99. The van der Waals surface area contributed by atoms with Gasteiger partial charge in [0.25, 0.3) is 0 Å². The van der Waals surface area contributed by atoms with Crippen LogP contribution in [-0.4, -0.2) is 25.1 Å². The fourth-order valence-electron chi connectivity index (χ4n) is 3.13. The van der Waals surface area contributed by atoms with Gasteiger partial charge in [0, 0.05) is 24.5 Å². The van der Waals surface area contributed by atoms with Crippen molar-refractivity contribution < 1.29 is 0 Å². The average Bonchev–Trinajstić information content (AvgIpc) is 2.71. The molecule has 20 heavy (non-hydrogen) atoms. The molecule has 0 aliphatic carbocycles. The van der Waals surface area contributed by atoms with E-state index in [9.17, 15) is 0 Å². The highest BCUT2D eigenvalue weighted by Crippen LogP contribution is 2.30. The van der Waals surface area contributed by atoms with Gasteiger partial charge in [-0.2, -0.15) is 0 Å². The number of aryl methyl sites for hydroxylation is 1. The fraction of sp³-hybridized carbons (Fsp3) is 0.812. The van der Waals surface area contributed by atoms with Gasteiger partial charge in [0.2, 0.25) is 0 Å². The third kappa shape index (κ3) is 3.95. The molecule has 0 aromatic carbocycles. The van der Waals surface area contributed by atoms with E-state index in [1.165, 1.54) is 60.9 Å². The number of nitrogens with zero attached hydrogens (tertiary/aromatic N) is 2. The van der Waals surface area contributed by atoms with E-state index in [4.69, 9.17) is 4.98 Å². The molecule has 0 radical (unpaired) electrons. The normalized spacial score (nSPS) is 20.1. The lowest BCUT2D eigenvalue weighted by molar-refractivity contribution is 0.435. The van der Waals surface area contributed by atoms with Crippen molar-refractivity contribution in [1.82, 2.24) is 10.3 Å². The van der Waals surface area contributed by atoms with Gasteiger partial charge in [-0.15, -0.1) is 11.3 Å². The zero-order valence-electron chi connectivity index (χ0n) is 13.2. The number of anilines is 1. The molecule has 2 heterocycles. The van der Waals surface area contributed by atoms with Crippen LogP contribution in [0.2, 0.25) is 0 Å². The van der Waals surface area contributed by atoms with Crippen molar-refractivity contribution in [2.75, 3.05) is 25.0 Å². The predicted octanol–water partition coefficient (Wildman–Crippen LogP) is 3.83. The molecule has 0 spiro atoms. The van der Waals surface area contributed by atoms with Crippen LogP contribution in [0.25, 0.3) is 0 Å². The van der Waals surface area contributed by atoms with E-state index >= 15 is 0 Å². The molecule has 1 aromatic rings. The van der Waals surface area contributed by atoms with Crippen molar-refractivity contribution in [3.8, 4) is 0 Å². The van der Waals surface area contributed by atoms with Crippen LogP contribution in [0.3, 0.4) is 0 Å². The monoisotopic (exact) mass is 295 g/mol. The number of nitrogens with one attached hydrogen (secondary N) is 1. The summed E-state index contributed by atoms with van der Waals surface area (Å²) in [7, 11) is 2.01. The molecule has 1 aromatic heterocycles. The molecule has 1 saturated heterocycles. The molecular formula is C16H29N3S. The van der Waals surface area contributed by atoms with Gasteiger partial charge < -0.3 is 10.2 Å². The standard InChI is InChI=1S/C16H29N3S/c1-4-7-13-8-6-10-19(11-9-13)16-18-14(5-2)15(20-16)12-17-3/h13,17H,4-12H2,1-3H3. The van der Waals surface area contributed by atoms with Gasteiger partial charge in [-0.3, -0.25) is 0 Å². The lowest BCUT2D eigenvalue weighted by atomic mass is 9.96. The average molecular weight is 295 g/mol. The summed E-state index contributed by atoms with van der Waals surface area (Å²) < 4.78 is 0. The molecule has 4 heteroatoms. The number of hydrogen-bond donors (Lipinski definition) is 1. The Morgan fingerprint density at radius 3 is 2.85 bits per heavy atom. The summed E-state index contributed by atoms with van der Waals surface area (Å²) in [6, 6.07) is 0. The third-order valence-corrected chi connectivity index (χ3v) is 5.41. The molecule has 0 saturated carbocycles. The summed E-state index contributed by atoms with van der Waals surface area (Å²) in [5.41, 5.74) is 1.29. The van der Waals surface area contributed by atoms with Gasteiger partial charge in [-0.25, -0.2) is 4.98 Å². The topological polar surface area (TPSA) is 28.2 Å². The summed E-state index contributed by atoms with van der Waals surface area (Å²) in [5.74, 6) is 0.937. The minimum atomic E-state index is 0.937. The molecule has 114 valence electrons. The van der Waals surface area contributed by atoms with Gasteiger partial charge >= 0.3 is 0 Å². The molecule has 1 fully saturated rings. The molecule has 1 N–H and O–H groups in total. The number of aromatic nitrogens is 1. The molecular weight excluding hydrogens is 266 g/mol. The molecule has 1 aliphatic rings. The van der Waals surface area contributed by atoms with Crippen LogP contribution in [0.5, 0.6) is 0 Å². The molecule has 1 unspecified atom stereocenters. The minimum absolute atomic E-state index is 0.937. The SMILES string of the molecule is CCCC1CCCN(c2nc(CC)c(CNC)s2)CC1. The van der Waals surface area contributed by atoms with Crippen LogP contribution in [0, 0.1) is 5.92 Å². The smallest absolute Gasteiger partial charge is 0.185 e. The molecule has 3 nitrogen and oxygen atoms in total. The maximum Gasteiger partial charge on any atom is 0.185 e. The van der Waals surface area contributed by atoms with E-state index in [-0.39, 0.29) is 0 Å². The first-order valence-electron chi connectivity index (χ1n) is 8.16. The van der Waals surface area contributed by atoms with E-state index in [2.05, 4.69) is 24.1 Å². The third-order valence-electron chi connectivity index (χ3n) is 4.25. The Labute approximate surface area is 127 Å². The van der Waals surface area contributed by atoms with Crippen molar-refractivity contribution in [2.24, 2.45) is 5.92 Å². The largest absolute Gasteiger partial charge is 0.348 e. The van der Waals surface area contributed by atoms with Crippen molar-refractivity contribution >= 4 is 16.5 Å². The van der Waals surface area contributed by atoms with Crippen molar-refractivity contribution in [3.05, 3.63) is 10.6 Å². The maximum atomic E-state index is 4.89.